The van der Waals surface area contributed by atoms with Crippen molar-refractivity contribution in [1.29, 1.82) is 5.26 Å². The molecule has 21 heavy (non-hydrogen) atoms. The number of pyridine rings is 1. The number of benzene rings is 1. The summed E-state index contributed by atoms with van der Waals surface area (Å²) in [5.41, 5.74) is 2.52. The largest absolute Gasteiger partial charge is 0.373 e. The molecule has 0 spiro atoms. The average Bonchev–Trinajstić information content (AvgIpc) is 2.54. The first-order valence-electron chi connectivity index (χ1n) is 7.12. The zero-order chi connectivity index (χ0) is 14.7. The topological polar surface area (TPSA) is 61.2 Å². The summed E-state index contributed by atoms with van der Waals surface area (Å²) in [6, 6.07) is 10.2. The molecule has 0 bridgehead atoms. The lowest BCUT2D eigenvalue weighted by atomic mass is 10.1. The van der Waals surface area contributed by atoms with Crippen molar-refractivity contribution in [2.24, 2.45) is 0 Å². The number of morpholine rings is 1. The summed E-state index contributed by atoms with van der Waals surface area (Å²) in [5, 5.41) is 13.6. The Morgan fingerprint density at radius 3 is 3.14 bits per heavy atom. The molecule has 1 saturated heterocycles. The Labute approximate surface area is 124 Å². The minimum atomic E-state index is 0.141. The average molecular weight is 282 g/mol. The smallest absolute Gasteiger partial charge is 0.103 e. The summed E-state index contributed by atoms with van der Waals surface area (Å²) in [6.45, 7) is 3.06. The Morgan fingerprint density at radius 2 is 2.33 bits per heavy atom. The molecule has 5 nitrogen and oxygen atoms in total. The number of nitriles is 1. The number of anilines is 1. The van der Waals surface area contributed by atoms with E-state index in [9.17, 15) is 5.26 Å². The molecule has 2 aromatic rings. The summed E-state index contributed by atoms with van der Waals surface area (Å²) in [5.74, 6) is 0. The van der Waals surface area contributed by atoms with Crippen LogP contribution in [0.25, 0.3) is 10.9 Å². The van der Waals surface area contributed by atoms with Gasteiger partial charge in [0.2, 0.25) is 0 Å². The van der Waals surface area contributed by atoms with Crippen LogP contribution in [-0.2, 0) is 4.74 Å². The van der Waals surface area contributed by atoms with Crippen molar-refractivity contribution >= 4 is 16.6 Å². The van der Waals surface area contributed by atoms with E-state index >= 15 is 0 Å². The van der Waals surface area contributed by atoms with Gasteiger partial charge in [0, 0.05) is 31.2 Å². The molecule has 3 rings (SSSR count). The highest BCUT2D eigenvalue weighted by atomic mass is 16.5. The number of likely N-dealkylation sites (N-methyl/N-ethyl adjacent to an activating group) is 1. The lowest BCUT2D eigenvalue weighted by Crippen LogP contribution is -2.46. The molecule has 0 aliphatic carbocycles. The Balaban J connectivity index is 2.04. The fourth-order valence-corrected chi connectivity index (χ4v) is 2.82. The van der Waals surface area contributed by atoms with Crippen LogP contribution in [0.3, 0.4) is 0 Å². The molecule has 2 heterocycles. The summed E-state index contributed by atoms with van der Waals surface area (Å²) < 4.78 is 5.75. The number of fused-ring (bicyclic) bond motifs is 1. The molecule has 0 amide bonds. The SMILES string of the molecule is CNCC1CN(c2c(C#N)cnc3ccccc23)CCO1. The van der Waals surface area contributed by atoms with Gasteiger partial charge in [-0.25, -0.2) is 0 Å². The maximum atomic E-state index is 9.42. The number of hydrogen-bond donors (Lipinski definition) is 1. The van der Waals surface area contributed by atoms with Crippen LogP contribution in [0.2, 0.25) is 0 Å². The Hall–Kier alpha value is -2.16. The van der Waals surface area contributed by atoms with Crippen LogP contribution >= 0.6 is 0 Å². The fraction of sp³-hybridized carbons (Fsp3) is 0.375. The molecule has 1 aromatic carbocycles. The van der Waals surface area contributed by atoms with Gasteiger partial charge in [-0.3, -0.25) is 4.98 Å². The maximum Gasteiger partial charge on any atom is 0.103 e. The van der Waals surface area contributed by atoms with Gasteiger partial charge in [0.1, 0.15) is 6.07 Å². The zero-order valence-corrected chi connectivity index (χ0v) is 12.0. The predicted molar refractivity (Wildman–Crippen MR) is 82.3 cm³/mol. The molecule has 1 atom stereocenters. The normalized spacial score (nSPS) is 18.7. The van der Waals surface area contributed by atoms with Gasteiger partial charge in [0.05, 0.1) is 29.5 Å². The van der Waals surface area contributed by atoms with E-state index in [-0.39, 0.29) is 6.10 Å². The van der Waals surface area contributed by atoms with Gasteiger partial charge in [0.25, 0.3) is 0 Å². The first-order chi connectivity index (χ1) is 10.3. The van der Waals surface area contributed by atoms with Gasteiger partial charge in [0.15, 0.2) is 0 Å². The standard InChI is InChI=1S/C16H18N4O/c1-18-10-13-11-20(6-7-21-13)16-12(8-17)9-19-15-5-3-2-4-14(15)16/h2-5,9,13,18H,6-7,10-11H2,1H3. The van der Waals surface area contributed by atoms with Gasteiger partial charge < -0.3 is 15.0 Å². The first-order valence-corrected chi connectivity index (χ1v) is 7.12. The lowest BCUT2D eigenvalue weighted by molar-refractivity contribution is 0.0422. The molecule has 0 saturated carbocycles. The van der Waals surface area contributed by atoms with Gasteiger partial charge >= 0.3 is 0 Å². The van der Waals surface area contributed by atoms with Crippen LogP contribution in [0.5, 0.6) is 0 Å². The number of aromatic nitrogens is 1. The van der Waals surface area contributed by atoms with E-state index < -0.39 is 0 Å². The second kappa shape index (κ2) is 6.08. The summed E-state index contributed by atoms with van der Waals surface area (Å²) in [6.07, 6.45) is 1.81. The molecule has 1 aliphatic heterocycles. The third kappa shape index (κ3) is 2.68. The summed E-state index contributed by atoms with van der Waals surface area (Å²) in [4.78, 5) is 6.61. The third-order valence-corrected chi connectivity index (χ3v) is 3.75. The molecule has 0 radical (unpaired) electrons. The highest BCUT2D eigenvalue weighted by molar-refractivity contribution is 5.94. The number of nitrogens with one attached hydrogen (secondary N) is 1. The van der Waals surface area contributed by atoms with Crippen molar-refractivity contribution < 1.29 is 4.74 Å². The minimum Gasteiger partial charge on any atom is -0.373 e. The van der Waals surface area contributed by atoms with Crippen molar-refractivity contribution in [3.63, 3.8) is 0 Å². The van der Waals surface area contributed by atoms with Crippen molar-refractivity contribution in [2.75, 3.05) is 38.2 Å². The van der Waals surface area contributed by atoms with E-state index in [4.69, 9.17) is 4.74 Å². The number of para-hydroxylation sites is 1. The highest BCUT2D eigenvalue weighted by Gasteiger charge is 2.23. The van der Waals surface area contributed by atoms with Gasteiger partial charge in [-0.15, -0.1) is 0 Å². The summed E-state index contributed by atoms with van der Waals surface area (Å²) >= 11 is 0. The molecule has 1 fully saturated rings. The number of nitrogens with zero attached hydrogens (tertiary/aromatic N) is 3. The zero-order valence-electron chi connectivity index (χ0n) is 12.0. The molecule has 1 aliphatic rings. The van der Waals surface area contributed by atoms with Crippen LogP contribution in [0.1, 0.15) is 5.56 Å². The van der Waals surface area contributed by atoms with Crippen LogP contribution in [0, 0.1) is 11.3 Å². The molecule has 108 valence electrons. The van der Waals surface area contributed by atoms with Crippen LogP contribution in [-0.4, -0.2) is 44.4 Å². The molecule has 5 heteroatoms. The number of ether oxygens (including phenoxy) is 1. The Morgan fingerprint density at radius 1 is 1.48 bits per heavy atom. The monoisotopic (exact) mass is 282 g/mol. The highest BCUT2D eigenvalue weighted by Crippen LogP contribution is 2.30. The van der Waals surface area contributed by atoms with Crippen molar-refractivity contribution in [3.8, 4) is 6.07 Å². The molecular weight excluding hydrogens is 264 g/mol. The van der Waals surface area contributed by atoms with Crippen molar-refractivity contribution in [3.05, 3.63) is 36.0 Å². The van der Waals surface area contributed by atoms with E-state index in [1.165, 1.54) is 0 Å². The van der Waals surface area contributed by atoms with Gasteiger partial charge in [-0.05, 0) is 13.1 Å². The van der Waals surface area contributed by atoms with E-state index in [1.807, 2.05) is 31.3 Å². The second-order valence-corrected chi connectivity index (χ2v) is 5.15. The molecule has 1 aromatic heterocycles. The predicted octanol–water partition coefficient (Wildman–Crippen LogP) is 1.53. The second-order valence-electron chi connectivity index (χ2n) is 5.15. The quantitative estimate of drug-likeness (QED) is 0.925. The number of rotatable bonds is 3. The van der Waals surface area contributed by atoms with Crippen molar-refractivity contribution in [1.82, 2.24) is 10.3 Å². The molecular formula is C16H18N4O. The minimum absolute atomic E-state index is 0.141. The molecule has 1 unspecified atom stereocenters. The third-order valence-electron chi connectivity index (χ3n) is 3.75. The van der Waals surface area contributed by atoms with Crippen LogP contribution in [0.4, 0.5) is 5.69 Å². The van der Waals surface area contributed by atoms with E-state index in [0.717, 1.165) is 36.2 Å². The molecule has 1 N–H and O–H groups in total. The lowest BCUT2D eigenvalue weighted by Gasteiger charge is -2.35. The van der Waals surface area contributed by atoms with E-state index in [2.05, 4.69) is 21.3 Å². The Bertz CT molecular complexity index is 678. The van der Waals surface area contributed by atoms with Crippen LogP contribution in [0.15, 0.2) is 30.5 Å². The van der Waals surface area contributed by atoms with Crippen LogP contribution < -0.4 is 10.2 Å². The van der Waals surface area contributed by atoms with E-state index in [0.29, 0.717) is 12.2 Å². The maximum absolute atomic E-state index is 9.42. The van der Waals surface area contributed by atoms with E-state index in [1.54, 1.807) is 6.20 Å². The van der Waals surface area contributed by atoms with Crippen molar-refractivity contribution in [2.45, 2.75) is 6.10 Å². The number of hydrogen-bond acceptors (Lipinski definition) is 5. The fourth-order valence-electron chi connectivity index (χ4n) is 2.82. The summed E-state index contributed by atoms with van der Waals surface area (Å²) in [7, 11) is 1.92. The van der Waals surface area contributed by atoms with Gasteiger partial charge in [-0.1, -0.05) is 18.2 Å². The first kappa shape index (κ1) is 13.8. The Kier molecular flexibility index (Phi) is 4.00. The van der Waals surface area contributed by atoms with Gasteiger partial charge in [-0.2, -0.15) is 5.26 Å².